The zero-order valence-corrected chi connectivity index (χ0v) is 13.2. The van der Waals surface area contributed by atoms with Crippen molar-refractivity contribution in [3.63, 3.8) is 0 Å². The zero-order chi connectivity index (χ0) is 16.5. The summed E-state index contributed by atoms with van der Waals surface area (Å²) < 4.78 is 8.19. The van der Waals surface area contributed by atoms with E-state index in [1.54, 1.807) is 10.7 Å². The second kappa shape index (κ2) is 5.93. The van der Waals surface area contributed by atoms with Crippen LogP contribution in [0, 0.1) is 0 Å². The SMILES string of the molecule is O=c1c2cnn(Cc3ccc(Cl)cc3)c2ncn1Cc1ccno1. The topological polar surface area (TPSA) is 78.7 Å². The van der Waals surface area contributed by atoms with Crippen molar-refractivity contribution >= 4 is 22.6 Å². The molecule has 0 saturated heterocycles. The molecule has 0 aliphatic rings. The molecular weight excluding hydrogens is 330 g/mol. The molecule has 0 aliphatic carbocycles. The van der Waals surface area contributed by atoms with Crippen LogP contribution in [-0.4, -0.2) is 24.5 Å². The van der Waals surface area contributed by atoms with Crippen LogP contribution in [0.25, 0.3) is 11.0 Å². The molecule has 1 aromatic carbocycles. The first kappa shape index (κ1) is 14.6. The van der Waals surface area contributed by atoms with Gasteiger partial charge in [0.15, 0.2) is 11.4 Å². The first-order valence-electron chi connectivity index (χ1n) is 7.26. The molecule has 0 saturated carbocycles. The van der Waals surface area contributed by atoms with Gasteiger partial charge in [-0.05, 0) is 17.7 Å². The number of halogens is 1. The Hall–Kier alpha value is -2.93. The van der Waals surface area contributed by atoms with Crippen LogP contribution in [0.1, 0.15) is 11.3 Å². The molecule has 3 aromatic heterocycles. The van der Waals surface area contributed by atoms with Crippen molar-refractivity contribution in [1.29, 1.82) is 0 Å². The molecule has 0 atom stereocenters. The van der Waals surface area contributed by atoms with Crippen molar-refractivity contribution in [2.24, 2.45) is 0 Å². The molecule has 0 unspecified atom stereocenters. The fourth-order valence-electron chi connectivity index (χ4n) is 2.48. The number of nitrogens with zero attached hydrogens (tertiary/aromatic N) is 5. The maximum atomic E-state index is 12.6. The van der Waals surface area contributed by atoms with Crippen molar-refractivity contribution < 1.29 is 4.52 Å². The Morgan fingerprint density at radius 3 is 2.71 bits per heavy atom. The minimum Gasteiger partial charge on any atom is -0.359 e. The molecule has 0 bridgehead atoms. The standard InChI is InChI=1S/C16H12ClN5O2/c17-12-3-1-11(2-4-12)8-22-15-14(7-19-22)16(23)21(10-18-15)9-13-5-6-20-24-13/h1-7,10H,8-9H2. The van der Waals surface area contributed by atoms with Crippen LogP contribution in [0.4, 0.5) is 0 Å². The lowest BCUT2D eigenvalue weighted by Gasteiger charge is -2.05. The number of fused-ring (bicyclic) bond motifs is 1. The molecule has 4 aromatic rings. The number of benzene rings is 1. The van der Waals surface area contributed by atoms with Crippen LogP contribution in [0.3, 0.4) is 0 Å². The van der Waals surface area contributed by atoms with Gasteiger partial charge in [0, 0.05) is 11.1 Å². The van der Waals surface area contributed by atoms with Gasteiger partial charge in [0.25, 0.3) is 5.56 Å². The van der Waals surface area contributed by atoms with Gasteiger partial charge >= 0.3 is 0 Å². The van der Waals surface area contributed by atoms with Crippen LogP contribution in [0.2, 0.25) is 5.02 Å². The summed E-state index contributed by atoms with van der Waals surface area (Å²) in [5, 5.41) is 9.06. The van der Waals surface area contributed by atoms with E-state index in [1.165, 1.54) is 23.3 Å². The van der Waals surface area contributed by atoms with Gasteiger partial charge in [-0.25, -0.2) is 9.67 Å². The quantitative estimate of drug-likeness (QED) is 0.569. The second-order valence-electron chi connectivity index (χ2n) is 5.32. The molecular formula is C16H12ClN5O2. The van der Waals surface area contributed by atoms with Crippen molar-refractivity contribution in [3.05, 3.63) is 75.8 Å². The Labute approximate surface area is 141 Å². The highest BCUT2D eigenvalue weighted by Gasteiger charge is 2.11. The Balaban J connectivity index is 1.68. The monoisotopic (exact) mass is 341 g/mol. The number of hydrogen-bond donors (Lipinski definition) is 0. The highest BCUT2D eigenvalue weighted by molar-refractivity contribution is 6.30. The van der Waals surface area contributed by atoms with E-state index in [4.69, 9.17) is 16.1 Å². The average molecular weight is 342 g/mol. The lowest BCUT2D eigenvalue weighted by atomic mass is 10.2. The van der Waals surface area contributed by atoms with E-state index in [9.17, 15) is 4.79 Å². The van der Waals surface area contributed by atoms with E-state index in [-0.39, 0.29) is 12.1 Å². The van der Waals surface area contributed by atoms with Crippen LogP contribution in [-0.2, 0) is 13.1 Å². The Morgan fingerprint density at radius 1 is 1.12 bits per heavy atom. The molecule has 0 aliphatic heterocycles. The summed E-state index contributed by atoms with van der Waals surface area (Å²) in [5.41, 5.74) is 1.40. The molecule has 7 nitrogen and oxygen atoms in total. The summed E-state index contributed by atoms with van der Waals surface area (Å²) in [6.45, 7) is 0.795. The van der Waals surface area contributed by atoms with Crippen molar-refractivity contribution in [3.8, 4) is 0 Å². The van der Waals surface area contributed by atoms with E-state index in [1.807, 2.05) is 24.3 Å². The third-order valence-corrected chi connectivity index (χ3v) is 3.94. The summed E-state index contributed by atoms with van der Waals surface area (Å²) in [4.78, 5) is 16.9. The van der Waals surface area contributed by atoms with Gasteiger partial charge in [0.2, 0.25) is 0 Å². The summed E-state index contributed by atoms with van der Waals surface area (Å²) in [7, 11) is 0. The van der Waals surface area contributed by atoms with Gasteiger partial charge in [0.05, 0.1) is 25.5 Å². The maximum Gasteiger partial charge on any atom is 0.264 e. The normalized spacial score (nSPS) is 11.2. The zero-order valence-electron chi connectivity index (χ0n) is 12.5. The largest absolute Gasteiger partial charge is 0.359 e. The third-order valence-electron chi connectivity index (χ3n) is 3.69. The lowest BCUT2D eigenvalue weighted by molar-refractivity contribution is 0.374. The van der Waals surface area contributed by atoms with E-state index in [0.717, 1.165) is 5.56 Å². The highest BCUT2D eigenvalue weighted by Crippen LogP contribution is 2.13. The third kappa shape index (κ3) is 2.69. The van der Waals surface area contributed by atoms with Gasteiger partial charge in [-0.15, -0.1) is 0 Å². The highest BCUT2D eigenvalue weighted by atomic mass is 35.5. The van der Waals surface area contributed by atoms with Crippen LogP contribution >= 0.6 is 11.6 Å². The first-order valence-corrected chi connectivity index (χ1v) is 7.63. The smallest absolute Gasteiger partial charge is 0.264 e. The van der Waals surface area contributed by atoms with Gasteiger partial charge < -0.3 is 4.52 Å². The fourth-order valence-corrected chi connectivity index (χ4v) is 2.61. The molecule has 0 spiro atoms. The molecule has 0 radical (unpaired) electrons. The van der Waals surface area contributed by atoms with Crippen LogP contribution < -0.4 is 5.56 Å². The minimum atomic E-state index is -0.168. The molecule has 3 heterocycles. The van der Waals surface area contributed by atoms with Crippen molar-refractivity contribution in [1.82, 2.24) is 24.5 Å². The summed E-state index contributed by atoms with van der Waals surface area (Å²) in [5.74, 6) is 0.590. The molecule has 0 N–H and O–H groups in total. The second-order valence-corrected chi connectivity index (χ2v) is 5.76. The Morgan fingerprint density at radius 2 is 1.96 bits per heavy atom. The molecule has 8 heteroatoms. The molecule has 0 fully saturated rings. The van der Waals surface area contributed by atoms with Crippen molar-refractivity contribution in [2.75, 3.05) is 0 Å². The summed E-state index contributed by atoms with van der Waals surface area (Å²) in [6, 6.07) is 9.18. The molecule has 4 rings (SSSR count). The number of rotatable bonds is 4. The van der Waals surface area contributed by atoms with Crippen molar-refractivity contribution in [2.45, 2.75) is 13.1 Å². The molecule has 0 amide bonds. The van der Waals surface area contributed by atoms with E-state index in [2.05, 4.69) is 15.2 Å². The predicted octanol–water partition coefficient (Wildman–Crippen LogP) is 2.33. The Bertz CT molecular complexity index is 1030. The lowest BCUT2D eigenvalue weighted by Crippen LogP contribution is -2.21. The van der Waals surface area contributed by atoms with Gasteiger partial charge in [-0.3, -0.25) is 9.36 Å². The molecule has 24 heavy (non-hydrogen) atoms. The van der Waals surface area contributed by atoms with Gasteiger partial charge in [-0.1, -0.05) is 28.9 Å². The number of hydrogen-bond acceptors (Lipinski definition) is 5. The van der Waals surface area contributed by atoms with Gasteiger partial charge in [-0.2, -0.15) is 5.10 Å². The predicted molar refractivity (Wildman–Crippen MR) is 87.9 cm³/mol. The fraction of sp³-hybridized carbons (Fsp3) is 0.125. The molecule has 120 valence electrons. The van der Waals surface area contributed by atoms with Gasteiger partial charge in [0.1, 0.15) is 11.7 Å². The van der Waals surface area contributed by atoms with E-state index < -0.39 is 0 Å². The van der Waals surface area contributed by atoms with Crippen LogP contribution in [0.5, 0.6) is 0 Å². The maximum absolute atomic E-state index is 12.6. The number of aromatic nitrogens is 5. The van der Waals surface area contributed by atoms with Crippen LogP contribution in [0.15, 0.2) is 58.4 Å². The minimum absolute atomic E-state index is 0.168. The van der Waals surface area contributed by atoms with E-state index in [0.29, 0.717) is 28.4 Å². The summed E-state index contributed by atoms with van der Waals surface area (Å²) in [6.07, 6.45) is 4.57. The first-order chi connectivity index (χ1) is 11.7. The summed E-state index contributed by atoms with van der Waals surface area (Å²) >= 11 is 5.89. The van der Waals surface area contributed by atoms with E-state index >= 15 is 0 Å². The Kier molecular flexibility index (Phi) is 3.62. The average Bonchev–Trinajstić information content (AvgIpc) is 3.23.